The van der Waals surface area contributed by atoms with Gasteiger partial charge in [-0.1, -0.05) is 0 Å². The third-order valence-electron chi connectivity index (χ3n) is 2.72. The highest BCUT2D eigenvalue weighted by atomic mass is 32.2. The van der Waals surface area contributed by atoms with Gasteiger partial charge in [-0.15, -0.1) is 0 Å². The second-order valence-electron chi connectivity index (χ2n) is 4.26. The zero-order chi connectivity index (χ0) is 12.0. The van der Waals surface area contributed by atoms with Crippen molar-refractivity contribution >= 4 is 23.6 Å². The number of carboxylic acids is 1. The van der Waals surface area contributed by atoms with Crippen LogP contribution in [0.2, 0.25) is 0 Å². The molecule has 0 bridgehead atoms. The van der Waals surface area contributed by atoms with E-state index >= 15 is 0 Å². The average molecular weight is 245 g/mol. The molecule has 5 heteroatoms. The van der Waals surface area contributed by atoms with Gasteiger partial charge in [0.05, 0.1) is 0 Å². The third-order valence-corrected chi connectivity index (χ3v) is 3.88. The van der Waals surface area contributed by atoms with Gasteiger partial charge in [-0.2, -0.15) is 11.8 Å². The highest BCUT2D eigenvalue weighted by Crippen LogP contribution is 2.23. The van der Waals surface area contributed by atoms with E-state index in [0.29, 0.717) is 6.42 Å². The van der Waals surface area contributed by atoms with Crippen molar-refractivity contribution in [1.82, 2.24) is 5.32 Å². The molecule has 1 aliphatic heterocycles. The number of hydrogen-bond donors (Lipinski definition) is 2. The summed E-state index contributed by atoms with van der Waals surface area (Å²) >= 11 is 1.82. The highest BCUT2D eigenvalue weighted by molar-refractivity contribution is 7.99. The molecule has 1 heterocycles. The summed E-state index contributed by atoms with van der Waals surface area (Å²) in [6.45, 7) is 1.93. The standard InChI is InChI=1S/C11H19NO3S/c1-8(3-2-4-10(13)14)12-11(15)9-5-6-16-7-9/h8-9H,2-7H2,1H3,(H,12,15)(H,13,14). The summed E-state index contributed by atoms with van der Waals surface area (Å²) in [5.74, 6) is 1.52. The lowest BCUT2D eigenvalue weighted by molar-refractivity contribution is -0.137. The van der Waals surface area contributed by atoms with E-state index in [9.17, 15) is 9.59 Å². The van der Waals surface area contributed by atoms with E-state index in [1.807, 2.05) is 18.7 Å². The maximum Gasteiger partial charge on any atom is 0.303 e. The summed E-state index contributed by atoms with van der Waals surface area (Å²) in [7, 11) is 0. The molecule has 0 aromatic rings. The Morgan fingerprint density at radius 1 is 1.56 bits per heavy atom. The van der Waals surface area contributed by atoms with E-state index in [-0.39, 0.29) is 24.3 Å². The second kappa shape index (κ2) is 6.78. The fourth-order valence-corrected chi connectivity index (χ4v) is 2.95. The SMILES string of the molecule is CC(CCCC(=O)O)NC(=O)C1CCSC1. The minimum Gasteiger partial charge on any atom is -0.481 e. The summed E-state index contributed by atoms with van der Waals surface area (Å²) in [5, 5.41) is 11.4. The average Bonchev–Trinajstić information content (AvgIpc) is 2.69. The van der Waals surface area contributed by atoms with Crippen LogP contribution in [0.1, 0.15) is 32.6 Å². The molecule has 1 fully saturated rings. The van der Waals surface area contributed by atoms with Crippen molar-refractivity contribution in [1.29, 1.82) is 0 Å². The molecule has 2 N–H and O–H groups in total. The van der Waals surface area contributed by atoms with Gasteiger partial charge in [-0.25, -0.2) is 0 Å². The predicted molar refractivity (Wildman–Crippen MR) is 64.5 cm³/mol. The number of amides is 1. The first-order valence-electron chi connectivity index (χ1n) is 5.69. The summed E-state index contributed by atoms with van der Waals surface area (Å²) in [6, 6.07) is 0.0810. The smallest absolute Gasteiger partial charge is 0.303 e. The van der Waals surface area contributed by atoms with Crippen LogP contribution in [-0.4, -0.2) is 34.5 Å². The van der Waals surface area contributed by atoms with Crippen LogP contribution >= 0.6 is 11.8 Å². The minimum absolute atomic E-state index is 0.0810. The number of carbonyl (C=O) groups is 2. The van der Waals surface area contributed by atoms with E-state index in [1.54, 1.807) is 0 Å². The van der Waals surface area contributed by atoms with Crippen LogP contribution in [0.5, 0.6) is 0 Å². The van der Waals surface area contributed by atoms with E-state index in [1.165, 1.54) is 0 Å². The highest BCUT2D eigenvalue weighted by Gasteiger charge is 2.23. The van der Waals surface area contributed by atoms with E-state index in [4.69, 9.17) is 5.11 Å². The van der Waals surface area contributed by atoms with Crippen LogP contribution in [0.25, 0.3) is 0 Å². The molecule has 1 saturated heterocycles. The fourth-order valence-electron chi connectivity index (χ4n) is 1.73. The van der Waals surface area contributed by atoms with Crippen molar-refractivity contribution in [3.63, 3.8) is 0 Å². The minimum atomic E-state index is -0.772. The molecule has 0 aliphatic carbocycles. The van der Waals surface area contributed by atoms with Crippen LogP contribution in [0.4, 0.5) is 0 Å². The molecular formula is C11H19NO3S. The van der Waals surface area contributed by atoms with Crippen molar-refractivity contribution < 1.29 is 14.7 Å². The van der Waals surface area contributed by atoms with E-state index in [2.05, 4.69) is 5.32 Å². The van der Waals surface area contributed by atoms with Gasteiger partial charge in [0.25, 0.3) is 0 Å². The Bertz CT molecular complexity index is 252. The van der Waals surface area contributed by atoms with Gasteiger partial charge in [-0.05, 0) is 31.9 Å². The summed E-state index contributed by atoms with van der Waals surface area (Å²) in [4.78, 5) is 22.0. The third kappa shape index (κ3) is 4.88. The molecule has 0 aromatic heterocycles. The van der Waals surface area contributed by atoms with Gasteiger partial charge in [0.15, 0.2) is 0 Å². The van der Waals surface area contributed by atoms with Crippen molar-refractivity contribution in [2.75, 3.05) is 11.5 Å². The largest absolute Gasteiger partial charge is 0.481 e. The van der Waals surface area contributed by atoms with Gasteiger partial charge in [0.1, 0.15) is 0 Å². The van der Waals surface area contributed by atoms with Gasteiger partial charge >= 0.3 is 5.97 Å². The zero-order valence-electron chi connectivity index (χ0n) is 9.57. The van der Waals surface area contributed by atoms with Crippen molar-refractivity contribution in [3.8, 4) is 0 Å². The number of aliphatic carboxylic acids is 1. The van der Waals surface area contributed by atoms with Crippen LogP contribution in [0.15, 0.2) is 0 Å². The quantitative estimate of drug-likeness (QED) is 0.744. The molecule has 1 rings (SSSR count). The van der Waals surface area contributed by atoms with Gasteiger partial charge in [-0.3, -0.25) is 9.59 Å². The number of carboxylic acid groups (broad SMARTS) is 1. The first-order valence-corrected chi connectivity index (χ1v) is 6.85. The Balaban J connectivity index is 2.14. The molecule has 0 saturated carbocycles. The normalized spacial score (nSPS) is 21.7. The lowest BCUT2D eigenvalue weighted by Gasteiger charge is -2.16. The molecule has 0 radical (unpaired) electrons. The summed E-state index contributed by atoms with van der Waals surface area (Å²) in [6.07, 6.45) is 2.51. The second-order valence-corrected chi connectivity index (χ2v) is 5.41. The van der Waals surface area contributed by atoms with Gasteiger partial charge < -0.3 is 10.4 Å². The molecule has 0 spiro atoms. The number of rotatable bonds is 6. The Hall–Kier alpha value is -0.710. The lowest BCUT2D eigenvalue weighted by atomic mass is 10.1. The Labute approximate surface area is 100 Å². The van der Waals surface area contributed by atoms with E-state index < -0.39 is 5.97 Å². The first-order chi connectivity index (χ1) is 7.59. The van der Waals surface area contributed by atoms with Gasteiger partial charge in [0.2, 0.25) is 5.91 Å². The van der Waals surface area contributed by atoms with Gasteiger partial charge in [0, 0.05) is 24.1 Å². The topological polar surface area (TPSA) is 66.4 Å². The summed E-state index contributed by atoms with van der Waals surface area (Å²) in [5.41, 5.74) is 0. The molecule has 92 valence electrons. The first kappa shape index (κ1) is 13.4. The van der Waals surface area contributed by atoms with Crippen LogP contribution in [-0.2, 0) is 9.59 Å². The van der Waals surface area contributed by atoms with Crippen molar-refractivity contribution in [3.05, 3.63) is 0 Å². The van der Waals surface area contributed by atoms with E-state index in [0.717, 1.165) is 24.3 Å². The van der Waals surface area contributed by atoms with Crippen molar-refractivity contribution in [2.45, 2.75) is 38.6 Å². The lowest BCUT2D eigenvalue weighted by Crippen LogP contribution is -2.37. The molecule has 2 unspecified atom stereocenters. The number of thioether (sulfide) groups is 1. The fraction of sp³-hybridized carbons (Fsp3) is 0.818. The maximum atomic E-state index is 11.7. The summed E-state index contributed by atoms with van der Waals surface area (Å²) < 4.78 is 0. The van der Waals surface area contributed by atoms with Crippen LogP contribution in [0, 0.1) is 5.92 Å². The predicted octanol–water partition coefficient (Wildman–Crippen LogP) is 1.50. The zero-order valence-corrected chi connectivity index (χ0v) is 10.4. The monoisotopic (exact) mass is 245 g/mol. The molecule has 4 nitrogen and oxygen atoms in total. The molecule has 0 aromatic carbocycles. The maximum absolute atomic E-state index is 11.7. The van der Waals surface area contributed by atoms with Crippen molar-refractivity contribution in [2.24, 2.45) is 5.92 Å². The Morgan fingerprint density at radius 3 is 2.88 bits per heavy atom. The Kier molecular flexibility index (Phi) is 5.66. The molecular weight excluding hydrogens is 226 g/mol. The number of carbonyl (C=O) groups excluding carboxylic acids is 1. The number of nitrogens with one attached hydrogen (secondary N) is 1. The molecule has 1 aliphatic rings. The number of hydrogen-bond acceptors (Lipinski definition) is 3. The molecule has 1 amide bonds. The Morgan fingerprint density at radius 2 is 2.31 bits per heavy atom. The van der Waals surface area contributed by atoms with Crippen LogP contribution < -0.4 is 5.32 Å². The van der Waals surface area contributed by atoms with Crippen LogP contribution in [0.3, 0.4) is 0 Å². The molecule has 2 atom stereocenters. The molecule has 16 heavy (non-hydrogen) atoms.